The number of alkyl carbamates (subject to hydrolysis) is 1. The molecule has 3 rings (SSSR count). The van der Waals surface area contributed by atoms with Crippen LogP contribution >= 0.6 is 0 Å². The number of esters is 1. The molecular formula is C33H45N3O6. The summed E-state index contributed by atoms with van der Waals surface area (Å²) in [5.74, 6) is -1.47. The lowest BCUT2D eigenvalue weighted by molar-refractivity contribution is -0.159. The van der Waals surface area contributed by atoms with Gasteiger partial charge in [-0.15, -0.1) is 0 Å². The van der Waals surface area contributed by atoms with E-state index in [9.17, 15) is 19.2 Å². The van der Waals surface area contributed by atoms with Crippen molar-refractivity contribution in [3.63, 3.8) is 0 Å². The number of hydrogen-bond acceptors (Lipinski definition) is 6. The van der Waals surface area contributed by atoms with E-state index in [0.29, 0.717) is 5.56 Å². The molecule has 0 aromatic heterocycles. The van der Waals surface area contributed by atoms with Gasteiger partial charge in [0, 0.05) is 12.5 Å². The third-order valence-corrected chi connectivity index (χ3v) is 6.75. The Balaban J connectivity index is 1.94. The zero-order chi connectivity index (χ0) is 31.1. The number of benzene rings is 2. The highest BCUT2D eigenvalue weighted by atomic mass is 16.6. The maximum atomic E-state index is 14.2. The third-order valence-electron chi connectivity index (χ3n) is 6.75. The number of carbonyl (C=O) groups excluding carboxylic acids is 4. The van der Waals surface area contributed by atoms with Crippen molar-refractivity contribution >= 4 is 23.9 Å². The molecular weight excluding hydrogens is 534 g/mol. The van der Waals surface area contributed by atoms with E-state index in [1.165, 1.54) is 0 Å². The van der Waals surface area contributed by atoms with Crippen molar-refractivity contribution in [1.29, 1.82) is 0 Å². The number of ether oxygens (including phenoxy) is 2. The Kier molecular flexibility index (Phi) is 10.8. The molecule has 0 bridgehead atoms. The molecule has 2 unspecified atom stereocenters. The molecule has 2 aromatic carbocycles. The van der Waals surface area contributed by atoms with Crippen LogP contribution in [0.25, 0.3) is 0 Å². The fourth-order valence-electron chi connectivity index (χ4n) is 4.63. The van der Waals surface area contributed by atoms with E-state index >= 15 is 0 Å². The Morgan fingerprint density at radius 2 is 1.48 bits per heavy atom. The van der Waals surface area contributed by atoms with Gasteiger partial charge in [-0.3, -0.25) is 9.59 Å². The number of nitrogens with one attached hydrogen (secondary N) is 2. The van der Waals surface area contributed by atoms with E-state index in [2.05, 4.69) is 10.6 Å². The molecule has 2 atom stereocenters. The Morgan fingerprint density at radius 3 is 2.00 bits per heavy atom. The van der Waals surface area contributed by atoms with Gasteiger partial charge >= 0.3 is 12.1 Å². The second-order valence-electron chi connectivity index (χ2n) is 12.8. The van der Waals surface area contributed by atoms with Crippen LogP contribution in [-0.4, -0.2) is 58.6 Å². The fraction of sp³-hybridized carbons (Fsp3) is 0.515. The van der Waals surface area contributed by atoms with Gasteiger partial charge in [0.15, 0.2) is 0 Å². The molecule has 9 heteroatoms. The fourth-order valence-corrected chi connectivity index (χ4v) is 4.63. The van der Waals surface area contributed by atoms with Crippen LogP contribution in [0.2, 0.25) is 0 Å². The third kappa shape index (κ3) is 9.89. The summed E-state index contributed by atoms with van der Waals surface area (Å²) in [6, 6.07) is 14.6. The summed E-state index contributed by atoms with van der Waals surface area (Å²) in [5.41, 5.74) is 0.989. The summed E-state index contributed by atoms with van der Waals surface area (Å²) >= 11 is 0. The molecule has 3 amide bonds. The Hall–Kier alpha value is -3.88. The second kappa shape index (κ2) is 13.9. The highest BCUT2D eigenvalue weighted by Crippen LogP contribution is 2.33. The minimum absolute atomic E-state index is 0.191. The molecule has 228 valence electrons. The maximum Gasteiger partial charge on any atom is 0.408 e. The van der Waals surface area contributed by atoms with Crippen LogP contribution in [0.3, 0.4) is 0 Å². The van der Waals surface area contributed by atoms with Crippen LogP contribution < -0.4 is 10.6 Å². The second-order valence-corrected chi connectivity index (χ2v) is 12.8. The largest absolute Gasteiger partial charge is 0.458 e. The van der Waals surface area contributed by atoms with Crippen LogP contribution in [0.5, 0.6) is 0 Å². The first-order valence-corrected chi connectivity index (χ1v) is 14.5. The molecule has 42 heavy (non-hydrogen) atoms. The smallest absolute Gasteiger partial charge is 0.408 e. The molecule has 0 saturated heterocycles. The number of rotatable bonds is 10. The van der Waals surface area contributed by atoms with Gasteiger partial charge in [0.2, 0.25) is 11.8 Å². The van der Waals surface area contributed by atoms with E-state index in [4.69, 9.17) is 9.47 Å². The Labute approximate surface area is 249 Å². The monoisotopic (exact) mass is 579 g/mol. The van der Waals surface area contributed by atoms with E-state index in [0.717, 1.165) is 30.4 Å². The molecule has 1 fully saturated rings. The van der Waals surface area contributed by atoms with Gasteiger partial charge in [0.05, 0.1) is 0 Å². The Bertz CT molecular complexity index is 1230. The van der Waals surface area contributed by atoms with Gasteiger partial charge in [-0.05, 0) is 78.9 Å². The molecule has 0 heterocycles. The average Bonchev–Trinajstić information content (AvgIpc) is 2.85. The first-order chi connectivity index (χ1) is 19.6. The number of nitrogens with zero attached hydrogens (tertiary/aromatic N) is 1. The van der Waals surface area contributed by atoms with Crippen molar-refractivity contribution in [3.05, 3.63) is 71.3 Å². The van der Waals surface area contributed by atoms with E-state index in [1.807, 2.05) is 61.5 Å². The predicted octanol–water partition coefficient (Wildman–Crippen LogP) is 5.01. The molecule has 0 spiro atoms. The van der Waals surface area contributed by atoms with Crippen molar-refractivity contribution in [2.24, 2.45) is 0 Å². The van der Waals surface area contributed by atoms with Gasteiger partial charge in [0.25, 0.3) is 0 Å². The van der Waals surface area contributed by atoms with Crippen molar-refractivity contribution in [2.45, 2.75) is 103 Å². The normalized spacial score (nSPS) is 15.0. The number of aryl methyl sites for hydroxylation is 1. The van der Waals surface area contributed by atoms with E-state index in [-0.39, 0.29) is 19.0 Å². The van der Waals surface area contributed by atoms with Gasteiger partial charge in [-0.25, -0.2) is 9.59 Å². The predicted molar refractivity (Wildman–Crippen MR) is 161 cm³/mol. The lowest BCUT2D eigenvalue weighted by Crippen LogP contribution is -2.56. The van der Waals surface area contributed by atoms with Crippen molar-refractivity contribution in [1.82, 2.24) is 15.5 Å². The SMILES string of the molecule is Cc1ccc(C(C(=O)NC(Cc2ccccc2)C(=O)OC(C)(C)C)N(C(=O)CNC(=O)OC(C)(C)C)C2CCC2)cc1. The molecule has 9 nitrogen and oxygen atoms in total. The summed E-state index contributed by atoms with van der Waals surface area (Å²) in [6.07, 6.45) is 1.89. The molecule has 1 aliphatic carbocycles. The highest BCUT2D eigenvalue weighted by molar-refractivity contribution is 5.93. The molecule has 0 aliphatic heterocycles. The number of carbonyl (C=O) groups is 4. The first-order valence-electron chi connectivity index (χ1n) is 14.5. The molecule has 0 radical (unpaired) electrons. The molecule has 1 saturated carbocycles. The lowest BCUT2D eigenvalue weighted by Gasteiger charge is -2.42. The zero-order valence-corrected chi connectivity index (χ0v) is 25.9. The standard InChI is InChI=1S/C33H45N3O6/c1-22-16-18-24(19-17-22)28(36(25-14-11-15-25)27(37)21-34-31(40)42-33(5,6)7)29(38)35-26(30(39)41-32(2,3)4)20-23-12-9-8-10-13-23/h8-10,12-13,16-19,25-26,28H,11,14-15,20-21H2,1-7H3,(H,34,40)(H,35,38). The number of amides is 3. The van der Waals surface area contributed by atoms with Gasteiger partial charge < -0.3 is 25.0 Å². The molecule has 2 aromatic rings. The van der Waals surface area contributed by atoms with Crippen LogP contribution in [-0.2, 0) is 30.3 Å². The van der Waals surface area contributed by atoms with Gasteiger partial charge in [0.1, 0.15) is 29.8 Å². The summed E-state index contributed by atoms with van der Waals surface area (Å²) < 4.78 is 11.0. The summed E-state index contributed by atoms with van der Waals surface area (Å²) in [4.78, 5) is 55.1. The molecule has 2 N–H and O–H groups in total. The zero-order valence-electron chi connectivity index (χ0n) is 25.9. The summed E-state index contributed by atoms with van der Waals surface area (Å²) in [6.45, 7) is 12.1. The highest BCUT2D eigenvalue weighted by Gasteiger charge is 2.40. The maximum absolute atomic E-state index is 14.2. The van der Waals surface area contributed by atoms with E-state index in [1.54, 1.807) is 46.4 Å². The van der Waals surface area contributed by atoms with Crippen LogP contribution in [0.4, 0.5) is 4.79 Å². The first kappa shape index (κ1) is 32.6. The van der Waals surface area contributed by atoms with Crippen molar-refractivity contribution in [2.75, 3.05) is 6.54 Å². The van der Waals surface area contributed by atoms with Gasteiger partial charge in [-0.1, -0.05) is 60.2 Å². The average molecular weight is 580 g/mol. The Morgan fingerprint density at radius 1 is 0.881 bits per heavy atom. The number of hydrogen-bond donors (Lipinski definition) is 2. The summed E-state index contributed by atoms with van der Waals surface area (Å²) in [7, 11) is 0. The van der Waals surface area contributed by atoms with E-state index < -0.39 is 47.2 Å². The van der Waals surface area contributed by atoms with Crippen molar-refractivity contribution in [3.8, 4) is 0 Å². The minimum atomic E-state index is -1.02. The summed E-state index contributed by atoms with van der Waals surface area (Å²) in [5, 5.41) is 5.45. The quantitative estimate of drug-likeness (QED) is 0.383. The van der Waals surface area contributed by atoms with Gasteiger partial charge in [-0.2, -0.15) is 0 Å². The molecule has 1 aliphatic rings. The van der Waals surface area contributed by atoms with Crippen molar-refractivity contribution < 1.29 is 28.7 Å². The lowest BCUT2D eigenvalue weighted by atomic mass is 9.88. The topological polar surface area (TPSA) is 114 Å². The van der Waals surface area contributed by atoms with Crippen LogP contribution in [0, 0.1) is 6.92 Å². The van der Waals surface area contributed by atoms with Crippen LogP contribution in [0.1, 0.15) is 83.5 Å². The minimum Gasteiger partial charge on any atom is -0.458 e. The van der Waals surface area contributed by atoms with Crippen LogP contribution in [0.15, 0.2) is 54.6 Å².